The van der Waals surface area contributed by atoms with Gasteiger partial charge in [-0.1, -0.05) is 33.6 Å². The minimum Gasteiger partial charge on any atom is -0.282 e. The monoisotopic (exact) mass is 181 g/mol. The van der Waals surface area contributed by atoms with Gasteiger partial charge in [0.15, 0.2) is 0 Å². The standard InChI is InChI=1S/C11H19NO/c1-4-9(5-2)7-10(6-3)11(13)8-12/h9-10H,4-7H2,1-3H3. The Morgan fingerprint density at radius 3 is 2.08 bits per heavy atom. The highest BCUT2D eigenvalue weighted by Gasteiger charge is 2.19. The second-order valence-electron chi connectivity index (χ2n) is 3.50. The second-order valence-corrected chi connectivity index (χ2v) is 3.50. The predicted octanol–water partition coefficient (Wildman–Crippen LogP) is 2.93. The van der Waals surface area contributed by atoms with Crippen molar-refractivity contribution in [2.75, 3.05) is 0 Å². The van der Waals surface area contributed by atoms with Crippen molar-refractivity contribution in [3.05, 3.63) is 0 Å². The summed E-state index contributed by atoms with van der Waals surface area (Å²) >= 11 is 0. The Morgan fingerprint density at radius 2 is 1.77 bits per heavy atom. The Morgan fingerprint density at radius 1 is 1.23 bits per heavy atom. The van der Waals surface area contributed by atoms with Gasteiger partial charge in [-0.25, -0.2) is 0 Å². The smallest absolute Gasteiger partial charge is 0.234 e. The first kappa shape index (κ1) is 12.2. The Bertz CT molecular complexity index is 189. The summed E-state index contributed by atoms with van der Waals surface area (Å²) in [6.45, 7) is 6.25. The van der Waals surface area contributed by atoms with E-state index in [0.717, 1.165) is 25.7 Å². The molecule has 0 saturated heterocycles. The van der Waals surface area contributed by atoms with Crippen molar-refractivity contribution < 1.29 is 4.79 Å². The molecule has 2 nitrogen and oxygen atoms in total. The number of Topliss-reactive ketones (excluding diaryl/α,β-unsaturated/α-hetero) is 1. The van der Waals surface area contributed by atoms with Crippen LogP contribution in [0.1, 0.15) is 46.5 Å². The zero-order valence-electron chi connectivity index (χ0n) is 8.84. The molecule has 0 fully saturated rings. The molecule has 2 heteroatoms. The van der Waals surface area contributed by atoms with E-state index in [1.54, 1.807) is 6.07 Å². The van der Waals surface area contributed by atoms with Crippen LogP contribution in [0.3, 0.4) is 0 Å². The zero-order valence-corrected chi connectivity index (χ0v) is 8.84. The van der Waals surface area contributed by atoms with Crippen LogP contribution in [0.25, 0.3) is 0 Å². The average Bonchev–Trinajstić information content (AvgIpc) is 2.19. The maximum atomic E-state index is 11.1. The maximum absolute atomic E-state index is 11.1. The number of carbonyl (C=O) groups excluding carboxylic acids is 1. The van der Waals surface area contributed by atoms with Gasteiger partial charge in [0.25, 0.3) is 0 Å². The van der Waals surface area contributed by atoms with Gasteiger partial charge in [0.2, 0.25) is 5.78 Å². The number of hydrogen-bond acceptors (Lipinski definition) is 2. The van der Waals surface area contributed by atoms with Crippen LogP contribution in [0.4, 0.5) is 0 Å². The van der Waals surface area contributed by atoms with Crippen LogP contribution in [0.2, 0.25) is 0 Å². The third-order valence-corrected chi connectivity index (χ3v) is 2.75. The van der Waals surface area contributed by atoms with Gasteiger partial charge in [-0.3, -0.25) is 4.79 Å². The van der Waals surface area contributed by atoms with E-state index in [9.17, 15) is 4.79 Å². The first-order valence-electron chi connectivity index (χ1n) is 5.13. The van der Waals surface area contributed by atoms with E-state index in [4.69, 9.17) is 5.26 Å². The third kappa shape index (κ3) is 4.07. The number of nitrogens with zero attached hydrogens (tertiary/aromatic N) is 1. The summed E-state index contributed by atoms with van der Waals surface area (Å²) < 4.78 is 0. The highest BCUT2D eigenvalue weighted by molar-refractivity contribution is 5.95. The molecular formula is C11H19NO. The molecule has 0 spiro atoms. The van der Waals surface area contributed by atoms with Gasteiger partial charge < -0.3 is 0 Å². The summed E-state index contributed by atoms with van der Waals surface area (Å²) in [5, 5.41) is 8.50. The molecule has 0 heterocycles. The Balaban J connectivity index is 4.12. The lowest BCUT2D eigenvalue weighted by Gasteiger charge is -2.16. The minimum absolute atomic E-state index is 0.0325. The van der Waals surface area contributed by atoms with Crippen molar-refractivity contribution in [2.45, 2.75) is 46.5 Å². The Hall–Kier alpha value is -0.840. The first-order chi connectivity index (χ1) is 6.19. The lowest BCUT2D eigenvalue weighted by Crippen LogP contribution is -2.15. The molecule has 0 amide bonds. The van der Waals surface area contributed by atoms with Gasteiger partial charge in [-0.05, 0) is 18.8 Å². The normalized spacial score (nSPS) is 12.5. The van der Waals surface area contributed by atoms with Crippen LogP contribution < -0.4 is 0 Å². The van der Waals surface area contributed by atoms with E-state index in [-0.39, 0.29) is 11.7 Å². The summed E-state index contributed by atoms with van der Waals surface area (Å²) in [5.74, 6) is 0.326. The average molecular weight is 181 g/mol. The molecule has 0 aromatic rings. The van der Waals surface area contributed by atoms with Crippen molar-refractivity contribution >= 4 is 5.78 Å². The van der Waals surface area contributed by atoms with Crippen molar-refractivity contribution in [1.82, 2.24) is 0 Å². The molecule has 0 bridgehead atoms. The van der Waals surface area contributed by atoms with Gasteiger partial charge in [-0.2, -0.15) is 5.26 Å². The van der Waals surface area contributed by atoms with Crippen LogP contribution >= 0.6 is 0 Å². The topological polar surface area (TPSA) is 40.9 Å². The summed E-state index contributed by atoms with van der Waals surface area (Å²) in [6.07, 6.45) is 3.89. The largest absolute Gasteiger partial charge is 0.282 e. The fourth-order valence-corrected chi connectivity index (χ4v) is 1.57. The van der Waals surface area contributed by atoms with E-state index in [1.165, 1.54) is 0 Å². The zero-order chi connectivity index (χ0) is 10.3. The minimum atomic E-state index is -0.241. The molecular weight excluding hydrogens is 162 g/mol. The SMILES string of the molecule is CCC(CC)CC(CC)C(=O)C#N. The molecule has 0 aromatic heterocycles. The van der Waals surface area contributed by atoms with Crippen LogP contribution in [-0.2, 0) is 4.79 Å². The van der Waals surface area contributed by atoms with Gasteiger partial charge in [-0.15, -0.1) is 0 Å². The molecule has 0 N–H and O–H groups in total. The molecule has 0 aliphatic carbocycles. The molecule has 13 heavy (non-hydrogen) atoms. The Labute approximate surface area is 80.9 Å². The van der Waals surface area contributed by atoms with E-state index in [2.05, 4.69) is 13.8 Å². The van der Waals surface area contributed by atoms with Gasteiger partial charge >= 0.3 is 0 Å². The molecule has 0 aromatic carbocycles. The summed E-state index contributed by atoms with van der Waals surface area (Å²) in [4.78, 5) is 11.1. The summed E-state index contributed by atoms with van der Waals surface area (Å²) in [5.41, 5.74) is 0. The van der Waals surface area contributed by atoms with E-state index in [0.29, 0.717) is 5.92 Å². The van der Waals surface area contributed by atoms with Gasteiger partial charge in [0.05, 0.1) is 0 Å². The third-order valence-electron chi connectivity index (χ3n) is 2.75. The fraction of sp³-hybridized carbons (Fsp3) is 0.818. The molecule has 0 aliphatic rings. The number of ketones is 1. The van der Waals surface area contributed by atoms with Crippen LogP contribution in [0, 0.1) is 23.2 Å². The number of rotatable bonds is 6. The van der Waals surface area contributed by atoms with Crippen molar-refractivity contribution in [3.63, 3.8) is 0 Å². The molecule has 0 aliphatic heterocycles. The van der Waals surface area contributed by atoms with Crippen molar-refractivity contribution in [2.24, 2.45) is 11.8 Å². The molecule has 1 atom stereocenters. The predicted molar refractivity (Wildman–Crippen MR) is 53.1 cm³/mol. The molecule has 0 rings (SSSR count). The Kier molecular flexibility index (Phi) is 6.22. The van der Waals surface area contributed by atoms with E-state index < -0.39 is 0 Å². The summed E-state index contributed by atoms with van der Waals surface area (Å²) in [7, 11) is 0. The van der Waals surface area contributed by atoms with Crippen LogP contribution in [-0.4, -0.2) is 5.78 Å². The number of nitriles is 1. The van der Waals surface area contributed by atoms with Gasteiger partial charge in [0, 0.05) is 5.92 Å². The van der Waals surface area contributed by atoms with Crippen LogP contribution in [0.5, 0.6) is 0 Å². The summed E-state index contributed by atoms with van der Waals surface area (Å²) in [6, 6.07) is 1.73. The van der Waals surface area contributed by atoms with E-state index in [1.807, 2.05) is 6.92 Å². The van der Waals surface area contributed by atoms with Crippen molar-refractivity contribution in [1.29, 1.82) is 5.26 Å². The molecule has 74 valence electrons. The maximum Gasteiger partial charge on any atom is 0.234 e. The number of carbonyl (C=O) groups is 1. The molecule has 1 unspecified atom stereocenters. The quantitative estimate of drug-likeness (QED) is 0.591. The second kappa shape index (κ2) is 6.65. The molecule has 0 saturated carbocycles. The van der Waals surface area contributed by atoms with Gasteiger partial charge in [0.1, 0.15) is 6.07 Å². The fourth-order valence-electron chi connectivity index (χ4n) is 1.57. The van der Waals surface area contributed by atoms with Crippen LogP contribution in [0.15, 0.2) is 0 Å². The lowest BCUT2D eigenvalue weighted by molar-refractivity contribution is -0.118. The molecule has 0 radical (unpaired) electrons. The number of hydrogen-bond donors (Lipinski definition) is 0. The first-order valence-corrected chi connectivity index (χ1v) is 5.13. The lowest BCUT2D eigenvalue weighted by atomic mass is 9.87. The highest BCUT2D eigenvalue weighted by atomic mass is 16.1. The van der Waals surface area contributed by atoms with E-state index >= 15 is 0 Å². The van der Waals surface area contributed by atoms with Crippen molar-refractivity contribution in [3.8, 4) is 6.07 Å². The highest BCUT2D eigenvalue weighted by Crippen LogP contribution is 2.21.